The number of ether oxygens (including phenoxy) is 1. The van der Waals surface area contributed by atoms with E-state index in [9.17, 15) is 4.79 Å². The van der Waals surface area contributed by atoms with Gasteiger partial charge < -0.3 is 15.8 Å². The highest BCUT2D eigenvalue weighted by Gasteiger charge is 2.07. The predicted octanol–water partition coefficient (Wildman–Crippen LogP) is 1.22. The molecular formula is C13H21N3O2. The Hall–Kier alpha value is -1.62. The lowest BCUT2D eigenvalue weighted by molar-refractivity contribution is -0.123. The molecule has 1 unspecified atom stereocenters. The van der Waals surface area contributed by atoms with E-state index in [0.717, 1.165) is 18.5 Å². The highest BCUT2D eigenvalue weighted by molar-refractivity contribution is 5.77. The summed E-state index contributed by atoms with van der Waals surface area (Å²) in [6.07, 6.45) is 3.59. The van der Waals surface area contributed by atoms with E-state index >= 15 is 0 Å². The summed E-state index contributed by atoms with van der Waals surface area (Å²) in [5.41, 5.74) is 6.23. The van der Waals surface area contributed by atoms with Gasteiger partial charge in [0.1, 0.15) is 5.75 Å². The third kappa shape index (κ3) is 5.14. The second kappa shape index (κ2) is 7.66. The van der Waals surface area contributed by atoms with E-state index in [1.807, 2.05) is 6.92 Å². The minimum absolute atomic E-state index is 0.0116. The Morgan fingerprint density at radius 1 is 1.56 bits per heavy atom. The number of aromatic nitrogens is 1. The number of hydrogen-bond donors (Lipinski definition) is 2. The monoisotopic (exact) mass is 251 g/mol. The molecule has 100 valence electrons. The molecule has 3 N–H and O–H groups in total. The number of carbonyl (C=O) groups is 1. The number of nitrogens with two attached hydrogens (primary N) is 1. The molecule has 0 bridgehead atoms. The van der Waals surface area contributed by atoms with E-state index in [1.165, 1.54) is 0 Å². The topological polar surface area (TPSA) is 77.2 Å². The number of rotatable bonds is 7. The number of nitrogens with zero attached hydrogens (tertiary/aromatic N) is 1. The fourth-order valence-corrected chi connectivity index (χ4v) is 1.59. The van der Waals surface area contributed by atoms with Crippen molar-refractivity contribution < 1.29 is 9.53 Å². The Balaban J connectivity index is 2.33. The molecule has 18 heavy (non-hydrogen) atoms. The molecule has 1 amide bonds. The maximum atomic E-state index is 11.5. The minimum Gasteiger partial charge on any atom is -0.482 e. The number of nitrogens with one attached hydrogen (secondary N) is 1. The van der Waals surface area contributed by atoms with Gasteiger partial charge in [-0.1, -0.05) is 13.3 Å². The van der Waals surface area contributed by atoms with Crippen molar-refractivity contribution in [3.05, 3.63) is 24.0 Å². The zero-order valence-corrected chi connectivity index (χ0v) is 11.0. The summed E-state index contributed by atoms with van der Waals surface area (Å²) in [5.74, 6) is 0.462. The molecule has 1 heterocycles. The Morgan fingerprint density at radius 3 is 2.89 bits per heavy atom. The molecule has 1 aromatic heterocycles. The molecular weight excluding hydrogens is 230 g/mol. The summed E-state index contributed by atoms with van der Waals surface area (Å²) in [5, 5.41) is 2.87. The van der Waals surface area contributed by atoms with Gasteiger partial charge >= 0.3 is 0 Å². The number of hydrogen-bond acceptors (Lipinski definition) is 4. The molecule has 0 aromatic carbocycles. The lowest BCUT2D eigenvalue weighted by Gasteiger charge is -2.13. The van der Waals surface area contributed by atoms with Crippen LogP contribution in [0.2, 0.25) is 0 Å². The Morgan fingerprint density at radius 2 is 2.33 bits per heavy atom. The number of amides is 1. The summed E-state index contributed by atoms with van der Waals surface area (Å²) in [6, 6.07) is 3.73. The van der Waals surface area contributed by atoms with Crippen LogP contribution in [0.4, 0.5) is 0 Å². The van der Waals surface area contributed by atoms with Crippen LogP contribution in [0.1, 0.15) is 32.4 Å². The van der Waals surface area contributed by atoms with Crippen LogP contribution in [-0.2, 0) is 11.3 Å². The second-order valence-electron chi connectivity index (χ2n) is 4.24. The molecule has 0 spiro atoms. The normalized spacial score (nSPS) is 11.9. The van der Waals surface area contributed by atoms with Crippen molar-refractivity contribution in [3.63, 3.8) is 0 Å². The first-order valence-corrected chi connectivity index (χ1v) is 6.22. The van der Waals surface area contributed by atoms with Crippen LogP contribution >= 0.6 is 0 Å². The minimum atomic E-state index is -0.112. The highest BCUT2D eigenvalue weighted by atomic mass is 16.5. The maximum absolute atomic E-state index is 11.5. The first-order chi connectivity index (χ1) is 8.65. The van der Waals surface area contributed by atoms with Gasteiger partial charge in [0.2, 0.25) is 0 Å². The standard InChI is InChI=1S/C13H21N3O2/c1-3-4-10(2)16-13(17)9-18-12-6-5-11(7-14)15-8-12/h5-6,8,10H,3-4,7,9,14H2,1-2H3,(H,16,17). The molecule has 0 saturated heterocycles. The van der Waals surface area contributed by atoms with Gasteiger partial charge in [-0.3, -0.25) is 9.78 Å². The van der Waals surface area contributed by atoms with Crippen molar-refractivity contribution in [1.29, 1.82) is 0 Å². The maximum Gasteiger partial charge on any atom is 0.258 e. The highest BCUT2D eigenvalue weighted by Crippen LogP contribution is 2.08. The van der Waals surface area contributed by atoms with E-state index in [-0.39, 0.29) is 18.6 Å². The van der Waals surface area contributed by atoms with Crippen molar-refractivity contribution in [2.75, 3.05) is 6.61 Å². The first kappa shape index (κ1) is 14.4. The van der Waals surface area contributed by atoms with Gasteiger partial charge in [-0.15, -0.1) is 0 Å². The summed E-state index contributed by atoms with van der Waals surface area (Å²) in [6.45, 7) is 4.48. The first-order valence-electron chi connectivity index (χ1n) is 6.22. The molecule has 0 fully saturated rings. The summed E-state index contributed by atoms with van der Waals surface area (Å²) in [4.78, 5) is 15.6. The molecule has 0 aliphatic rings. The van der Waals surface area contributed by atoms with Crippen molar-refractivity contribution in [3.8, 4) is 5.75 Å². The van der Waals surface area contributed by atoms with Crippen LogP contribution < -0.4 is 15.8 Å². The second-order valence-corrected chi connectivity index (χ2v) is 4.24. The molecule has 1 atom stereocenters. The Kier molecular flexibility index (Phi) is 6.14. The molecule has 1 aromatic rings. The lowest BCUT2D eigenvalue weighted by Crippen LogP contribution is -2.35. The molecule has 1 rings (SSSR count). The average Bonchev–Trinajstić information content (AvgIpc) is 2.37. The van der Waals surface area contributed by atoms with Crippen LogP contribution in [0.5, 0.6) is 5.75 Å². The molecule has 0 saturated carbocycles. The van der Waals surface area contributed by atoms with Gasteiger partial charge in [0, 0.05) is 12.6 Å². The number of carbonyl (C=O) groups excluding carboxylic acids is 1. The van der Waals surface area contributed by atoms with E-state index < -0.39 is 0 Å². The molecule has 5 nitrogen and oxygen atoms in total. The SMILES string of the molecule is CCCC(C)NC(=O)COc1ccc(CN)nc1. The van der Waals surface area contributed by atoms with Crippen LogP contribution in [0, 0.1) is 0 Å². The largest absolute Gasteiger partial charge is 0.482 e. The van der Waals surface area contributed by atoms with Gasteiger partial charge in [0.25, 0.3) is 5.91 Å². The quantitative estimate of drug-likeness (QED) is 0.764. The smallest absolute Gasteiger partial charge is 0.258 e. The molecule has 0 radical (unpaired) electrons. The van der Waals surface area contributed by atoms with E-state index in [1.54, 1.807) is 18.3 Å². The van der Waals surface area contributed by atoms with Gasteiger partial charge in [-0.2, -0.15) is 0 Å². The number of pyridine rings is 1. The lowest BCUT2D eigenvalue weighted by atomic mass is 10.2. The van der Waals surface area contributed by atoms with E-state index in [0.29, 0.717) is 12.3 Å². The van der Waals surface area contributed by atoms with Gasteiger partial charge in [0.15, 0.2) is 6.61 Å². The fraction of sp³-hybridized carbons (Fsp3) is 0.538. The van der Waals surface area contributed by atoms with Gasteiger partial charge in [-0.05, 0) is 25.5 Å². The molecule has 0 aliphatic heterocycles. The Labute approximate surface area is 108 Å². The van der Waals surface area contributed by atoms with E-state index in [2.05, 4.69) is 17.2 Å². The summed E-state index contributed by atoms with van der Waals surface area (Å²) < 4.78 is 5.33. The van der Waals surface area contributed by atoms with Gasteiger partial charge in [-0.25, -0.2) is 0 Å². The van der Waals surface area contributed by atoms with Crippen molar-refractivity contribution in [2.45, 2.75) is 39.3 Å². The fourth-order valence-electron chi connectivity index (χ4n) is 1.59. The third-order valence-corrected chi connectivity index (χ3v) is 2.51. The molecule has 5 heteroatoms. The summed E-state index contributed by atoms with van der Waals surface area (Å²) in [7, 11) is 0. The predicted molar refractivity (Wildman–Crippen MR) is 70.1 cm³/mol. The molecule has 0 aliphatic carbocycles. The summed E-state index contributed by atoms with van der Waals surface area (Å²) >= 11 is 0. The third-order valence-electron chi connectivity index (χ3n) is 2.51. The van der Waals surface area contributed by atoms with Crippen LogP contribution in [0.15, 0.2) is 18.3 Å². The van der Waals surface area contributed by atoms with Crippen LogP contribution in [-0.4, -0.2) is 23.5 Å². The van der Waals surface area contributed by atoms with Crippen LogP contribution in [0.25, 0.3) is 0 Å². The Bertz CT molecular complexity index is 365. The average molecular weight is 251 g/mol. The van der Waals surface area contributed by atoms with Crippen LogP contribution in [0.3, 0.4) is 0 Å². The van der Waals surface area contributed by atoms with Crippen molar-refractivity contribution >= 4 is 5.91 Å². The van der Waals surface area contributed by atoms with Crippen molar-refractivity contribution in [2.24, 2.45) is 5.73 Å². The van der Waals surface area contributed by atoms with Gasteiger partial charge in [0.05, 0.1) is 11.9 Å². The van der Waals surface area contributed by atoms with E-state index in [4.69, 9.17) is 10.5 Å². The zero-order chi connectivity index (χ0) is 13.4. The van der Waals surface area contributed by atoms with Crippen molar-refractivity contribution in [1.82, 2.24) is 10.3 Å². The zero-order valence-electron chi connectivity index (χ0n) is 11.0.